The Balaban J connectivity index is 4.12. The molecular formula is C14H30O6S. The summed E-state index contributed by atoms with van der Waals surface area (Å²) in [5.41, 5.74) is 0. The zero-order chi connectivity index (χ0) is 16.3. The molecule has 0 amide bonds. The van der Waals surface area contributed by atoms with Crippen molar-refractivity contribution in [1.29, 1.82) is 0 Å². The number of hydrogen-bond acceptors (Lipinski definition) is 5. The van der Waals surface area contributed by atoms with E-state index in [0.29, 0.717) is 6.42 Å². The maximum Gasteiger partial charge on any atom is 0.397 e. The number of ether oxygens (including phenoxy) is 1. The largest absolute Gasteiger partial charge is 0.397 e. The number of aliphatic hydroxyl groups excluding tert-OH is 1. The van der Waals surface area contributed by atoms with Gasteiger partial charge in [0.1, 0.15) is 6.10 Å². The van der Waals surface area contributed by atoms with Gasteiger partial charge in [0.05, 0.1) is 18.8 Å². The Labute approximate surface area is 128 Å². The molecule has 0 saturated heterocycles. The molecule has 6 nitrogen and oxygen atoms in total. The molecule has 0 unspecified atom stereocenters. The summed E-state index contributed by atoms with van der Waals surface area (Å²) >= 11 is 0. The summed E-state index contributed by atoms with van der Waals surface area (Å²) < 4.78 is 39.4. The Kier molecular flexibility index (Phi) is 11.3. The van der Waals surface area contributed by atoms with Crippen LogP contribution in [0.15, 0.2) is 0 Å². The minimum absolute atomic E-state index is 0.0736. The third-order valence-electron chi connectivity index (χ3n) is 3.11. The van der Waals surface area contributed by atoms with Crippen molar-refractivity contribution in [2.45, 2.75) is 84.0 Å². The Hall–Kier alpha value is -0.210. The molecule has 0 fully saturated rings. The minimum Gasteiger partial charge on any atom is -0.388 e. The lowest BCUT2D eigenvalue weighted by Gasteiger charge is -2.25. The van der Waals surface area contributed by atoms with Gasteiger partial charge in [0.15, 0.2) is 0 Å². The highest BCUT2D eigenvalue weighted by Gasteiger charge is 2.23. The molecule has 2 atom stereocenters. The molecule has 128 valence electrons. The molecular weight excluding hydrogens is 296 g/mol. The molecule has 0 rings (SSSR count). The number of unbranched alkanes of at least 4 members (excludes halogenated alkanes) is 5. The lowest BCUT2D eigenvalue weighted by atomic mass is 10.0. The predicted octanol–water partition coefficient (Wildman–Crippen LogP) is 2.71. The average molecular weight is 326 g/mol. The molecule has 0 spiro atoms. The van der Waals surface area contributed by atoms with Crippen molar-refractivity contribution in [3.05, 3.63) is 0 Å². The molecule has 7 heteroatoms. The quantitative estimate of drug-likeness (QED) is 0.399. The number of rotatable bonds is 13. The highest BCUT2D eigenvalue weighted by atomic mass is 32.3. The highest BCUT2D eigenvalue weighted by Crippen LogP contribution is 2.15. The molecule has 2 N–H and O–H groups in total. The molecule has 0 bridgehead atoms. The first-order valence-corrected chi connectivity index (χ1v) is 9.08. The second kappa shape index (κ2) is 11.4. The number of hydrogen-bond donors (Lipinski definition) is 2. The average Bonchev–Trinajstić information content (AvgIpc) is 2.37. The second-order valence-corrected chi connectivity index (χ2v) is 6.65. The van der Waals surface area contributed by atoms with E-state index in [-0.39, 0.29) is 6.10 Å². The zero-order valence-electron chi connectivity index (χ0n) is 13.3. The van der Waals surface area contributed by atoms with Gasteiger partial charge < -0.3 is 9.84 Å². The Bertz CT molecular complexity index is 341. The van der Waals surface area contributed by atoms with Gasteiger partial charge in [0.2, 0.25) is 0 Å². The summed E-state index contributed by atoms with van der Waals surface area (Å²) in [4.78, 5) is 0. The first-order chi connectivity index (χ1) is 9.76. The lowest BCUT2D eigenvalue weighted by Crippen LogP contribution is -2.35. The van der Waals surface area contributed by atoms with Gasteiger partial charge in [-0.3, -0.25) is 4.55 Å². The van der Waals surface area contributed by atoms with Crippen LogP contribution in [-0.4, -0.2) is 43.0 Å². The lowest BCUT2D eigenvalue weighted by molar-refractivity contribution is -0.0816. The fourth-order valence-electron chi connectivity index (χ4n) is 2.09. The van der Waals surface area contributed by atoms with Gasteiger partial charge in [-0.2, -0.15) is 8.42 Å². The van der Waals surface area contributed by atoms with E-state index in [1.54, 1.807) is 0 Å². The molecule has 21 heavy (non-hydrogen) atoms. The maximum atomic E-state index is 10.5. The molecule has 0 radical (unpaired) electrons. The Morgan fingerprint density at radius 1 is 1.05 bits per heavy atom. The zero-order valence-corrected chi connectivity index (χ0v) is 14.1. The van der Waals surface area contributed by atoms with Gasteiger partial charge in [0, 0.05) is 0 Å². The van der Waals surface area contributed by atoms with Crippen LogP contribution in [0.3, 0.4) is 0 Å². The van der Waals surface area contributed by atoms with E-state index >= 15 is 0 Å². The van der Waals surface area contributed by atoms with Crippen molar-refractivity contribution in [3.8, 4) is 0 Å². The van der Waals surface area contributed by atoms with E-state index in [2.05, 4.69) is 11.1 Å². The summed E-state index contributed by atoms with van der Waals surface area (Å²) in [6.45, 7) is 5.37. The van der Waals surface area contributed by atoms with Crippen LogP contribution in [0.25, 0.3) is 0 Å². The van der Waals surface area contributed by atoms with Crippen LogP contribution in [0.5, 0.6) is 0 Å². The maximum absolute atomic E-state index is 10.5. The van der Waals surface area contributed by atoms with Gasteiger partial charge in [-0.15, -0.1) is 0 Å². The van der Waals surface area contributed by atoms with Crippen LogP contribution in [0, 0.1) is 0 Å². The van der Waals surface area contributed by atoms with Gasteiger partial charge in [-0.1, -0.05) is 45.4 Å². The van der Waals surface area contributed by atoms with Crippen LogP contribution in [0.4, 0.5) is 0 Å². The van der Waals surface area contributed by atoms with Crippen molar-refractivity contribution in [3.63, 3.8) is 0 Å². The van der Waals surface area contributed by atoms with Crippen LogP contribution in [0.1, 0.15) is 65.7 Å². The SMILES string of the molecule is CCCCCCCC[C@@H](OC(C)C)[C@@H](O)COS(=O)(=O)O. The highest BCUT2D eigenvalue weighted by molar-refractivity contribution is 7.80. The summed E-state index contributed by atoms with van der Waals surface area (Å²) in [6, 6.07) is 0. The smallest absolute Gasteiger partial charge is 0.388 e. The first kappa shape index (κ1) is 20.8. The monoisotopic (exact) mass is 326 g/mol. The molecule has 0 aromatic heterocycles. The van der Waals surface area contributed by atoms with Gasteiger partial charge in [0.25, 0.3) is 0 Å². The van der Waals surface area contributed by atoms with Gasteiger partial charge >= 0.3 is 10.4 Å². The van der Waals surface area contributed by atoms with Gasteiger partial charge in [-0.25, -0.2) is 4.18 Å². The van der Waals surface area contributed by atoms with E-state index in [9.17, 15) is 13.5 Å². The van der Waals surface area contributed by atoms with Gasteiger partial charge in [-0.05, 0) is 20.3 Å². The van der Waals surface area contributed by atoms with E-state index in [1.807, 2.05) is 13.8 Å². The third kappa shape index (κ3) is 13.2. The van der Waals surface area contributed by atoms with Crippen molar-refractivity contribution >= 4 is 10.4 Å². The molecule has 0 aromatic rings. The molecule has 0 aromatic carbocycles. The molecule has 0 saturated carbocycles. The third-order valence-corrected chi connectivity index (χ3v) is 3.54. The second-order valence-electron chi connectivity index (χ2n) is 5.56. The van der Waals surface area contributed by atoms with E-state index < -0.39 is 29.2 Å². The fourth-order valence-corrected chi connectivity index (χ4v) is 2.40. The van der Waals surface area contributed by atoms with Crippen LogP contribution in [0.2, 0.25) is 0 Å². The predicted molar refractivity (Wildman–Crippen MR) is 81.5 cm³/mol. The fraction of sp³-hybridized carbons (Fsp3) is 1.00. The van der Waals surface area contributed by atoms with Crippen molar-refractivity contribution < 1.29 is 27.0 Å². The molecule has 0 aliphatic rings. The summed E-state index contributed by atoms with van der Waals surface area (Å²) in [5, 5.41) is 9.94. The summed E-state index contributed by atoms with van der Waals surface area (Å²) in [6.07, 6.45) is 5.76. The van der Waals surface area contributed by atoms with Crippen LogP contribution < -0.4 is 0 Å². The molecule has 0 heterocycles. The summed E-state index contributed by atoms with van der Waals surface area (Å²) in [5.74, 6) is 0. The molecule has 0 aliphatic carbocycles. The Morgan fingerprint density at radius 3 is 2.14 bits per heavy atom. The van der Waals surface area contributed by atoms with Crippen molar-refractivity contribution in [2.24, 2.45) is 0 Å². The van der Waals surface area contributed by atoms with Crippen LogP contribution >= 0.6 is 0 Å². The first-order valence-electron chi connectivity index (χ1n) is 7.71. The van der Waals surface area contributed by atoms with E-state index in [4.69, 9.17) is 9.29 Å². The van der Waals surface area contributed by atoms with E-state index in [1.165, 1.54) is 19.3 Å². The summed E-state index contributed by atoms with van der Waals surface area (Å²) in [7, 11) is -4.53. The topological polar surface area (TPSA) is 93.1 Å². The van der Waals surface area contributed by atoms with Crippen molar-refractivity contribution in [1.82, 2.24) is 0 Å². The normalized spacial score (nSPS) is 15.3. The Morgan fingerprint density at radius 2 is 1.62 bits per heavy atom. The minimum atomic E-state index is -4.53. The molecule has 0 aliphatic heterocycles. The van der Waals surface area contributed by atoms with Crippen LogP contribution in [-0.2, 0) is 19.3 Å². The van der Waals surface area contributed by atoms with Crippen molar-refractivity contribution in [2.75, 3.05) is 6.61 Å². The van der Waals surface area contributed by atoms with E-state index in [0.717, 1.165) is 19.3 Å². The number of aliphatic hydroxyl groups is 1. The standard InChI is InChI=1S/C14H30O6S/c1-4-5-6-7-8-9-10-14(20-12(2)3)13(15)11-19-21(16,17)18/h12-15H,4-11H2,1-3H3,(H,16,17,18)/t13-,14+/m0/s1.